The van der Waals surface area contributed by atoms with E-state index in [0.29, 0.717) is 25.3 Å². The second-order valence-electron chi connectivity index (χ2n) is 6.50. The van der Waals surface area contributed by atoms with Gasteiger partial charge in [0.25, 0.3) is 5.91 Å². The molecule has 0 aliphatic carbocycles. The third-order valence-corrected chi connectivity index (χ3v) is 4.86. The molecule has 0 bridgehead atoms. The third-order valence-electron chi connectivity index (χ3n) is 4.86. The molecule has 1 N–H and O–H groups in total. The zero-order chi connectivity index (χ0) is 18.8. The fourth-order valence-electron chi connectivity index (χ4n) is 3.41. The Hall–Kier alpha value is -3.12. The summed E-state index contributed by atoms with van der Waals surface area (Å²) in [5.41, 5.74) is 3.68. The molecule has 0 spiro atoms. The Labute approximate surface area is 157 Å². The fraction of sp³-hybridized carbons (Fsp3) is 0.238. The Morgan fingerprint density at radius 1 is 1.11 bits per heavy atom. The summed E-state index contributed by atoms with van der Waals surface area (Å²) in [6, 6.07) is 15.9. The van der Waals surface area contributed by atoms with Gasteiger partial charge in [-0.05, 0) is 18.2 Å². The number of aromatic nitrogens is 3. The van der Waals surface area contributed by atoms with Crippen molar-refractivity contribution in [1.29, 1.82) is 0 Å². The minimum absolute atomic E-state index is 0.102. The van der Waals surface area contributed by atoms with Crippen molar-refractivity contribution < 1.29 is 9.53 Å². The molecule has 0 saturated heterocycles. The number of nitrogens with one attached hydrogen (secondary N) is 1. The molecule has 0 aliphatic heterocycles. The van der Waals surface area contributed by atoms with E-state index < -0.39 is 0 Å². The van der Waals surface area contributed by atoms with E-state index in [-0.39, 0.29) is 5.91 Å². The van der Waals surface area contributed by atoms with Crippen LogP contribution in [0.5, 0.6) is 0 Å². The molecule has 0 unspecified atom stereocenters. The second kappa shape index (κ2) is 7.25. The Bertz CT molecular complexity index is 1110. The van der Waals surface area contributed by atoms with E-state index in [9.17, 15) is 4.79 Å². The molecule has 4 rings (SSSR count). The summed E-state index contributed by atoms with van der Waals surface area (Å²) in [5.74, 6) is 0.724. The van der Waals surface area contributed by atoms with Crippen LogP contribution in [0.4, 0.5) is 0 Å². The highest BCUT2D eigenvalue weighted by molar-refractivity contribution is 6.07. The molecule has 27 heavy (non-hydrogen) atoms. The number of imidazole rings is 1. The van der Waals surface area contributed by atoms with Crippen molar-refractivity contribution >= 4 is 27.8 Å². The number of benzene rings is 2. The largest absolute Gasteiger partial charge is 0.383 e. The molecule has 0 aliphatic rings. The number of methoxy groups -OCH3 is 1. The molecule has 2 heterocycles. The minimum Gasteiger partial charge on any atom is -0.383 e. The molecule has 0 saturated carbocycles. The lowest BCUT2D eigenvalue weighted by molar-refractivity contribution is 0.0951. The van der Waals surface area contributed by atoms with Gasteiger partial charge in [-0.25, -0.2) is 4.98 Å². The summed E-state index contributed by atoms with van der Waals surface area (Å²) in [5, 5.41) is 3.95. The molecular weight excluding hydrogens is 340 g/mol. The van der Waals surface area contributed by atoms with Crippen molar-refractivity contribution in [3.8, 4) is 0 Å². The van der Waals surface area contributed by atoms with Crippen LogP contribution >= 0.6 is 0 Å². The number of ether oxygens (including phenoxy) is 1. The van der Waals surface area contributed by atoms with E-state index in [2.05, 4.69) is 14.9 Å². The molecule has 2 aromatic carbocycles. The zero-order valence-electron chi connectivity index (χ0n) is 15.5. The van der Waals surface area contributed by atoms with Crippen molar-refractivity contribution in [2.75, 3.05) is 13.7 Å². The highest BCUT2D eigenvalue weighted by Crippen LogP contribution is 2.21. The van der Waals surface area contributed by atoms with E-state index in [4.69, 9.17) is 4.74 Å². The van der Waals surface area contributed by atoms with Gasteiger partial charge in [-0.1, -0.05) is 30.3 Å². The summed E-state index contributed by atoms with van der Waals surface area (Å²) >= 11 is 0. The molecule has 2 aromatic heterocycles. The minimum atomic E-state index is -0.102. The number of fused-ring (bicyclic) bond motifs is 2. The van der Waals surface area contributed by atoms with Crippen LogP contribution in [0.3, 0.4) is 0 Å². The van der Waals surface area contributed by atoms with Crippen molar-refractivity contribution in [3.63, 3.8) is 0 Å². The lowest BCUT2D eigenvalue weighted by Gasteiger charge is -2.05. The number of para-hydroxylation sites is 3. The third kappa shape index (κ3) is 3.19. The van der Waals surface area contributed by atoms with E-state index in [0.717, 1.165) is 27.8 Å². The van der Waals surface area contributed by atoms with Crippen LogP contribution in [0.1, 0.15) is 16.2 Å². The lowest BCUT2D eigenvalue weighted by Crippen LogP contribution is -2.24. The Kier molecular flexibility index (Phi) is 4.64. The van der Waals surface area contributed by atoms with Crippen molar-refractivity contribution in [2.24, 2.45) is 7.05 Å². The maximum absolute atomic E-state index is 12.9. The Morgan fingerprint density at radius 2 is 1.85 bits per heavy atom. The monoisotopic (exact) mass is 362 g/mol. The van der Waals surface area contributed by atoms with Crippen LogP contribution in [-0.2, 0) is 24.9 Å². The number of aryl methyl sites for hydroxylation is 1. The van der Waals surface area contributed by atoms with Crippen molar-refractivity contribution in [2.45, 2.75) is 13.1 Å². The van der Waals surface area contributed by atoms with E-state index in [1.807, 2.05) is 66.3 Å². The van der Waals surface area contributed by atoms with Crippen LogP contribution in [0.15, 0.2) is 54.7 Å². The maximum Gasteiger partial charge on any atom is 0.253 e. The van der Waals surface area contributed by atoms with Crippen LogP contribution in [-0.4, -0.2) is 33.7 Å². The zero-order valence-corrected chi connectivity index (χ0v) is 15.5. The molecule has 138 valence electrons. The Balaban J connectivity index is 1.58. The van der Waals surface area contributed by atoms with Gasteiger partial charge < -0.3 is 19.2 Å². The number of rotatable bonds is 6. The maximum atomic E-state index is 12.9. The van der Waals surface area contributed by atoms with Gasteiger partial charge in [-0.15, -0.1) is 0 Å². The summed E-state index contributed by atoms with van der Waals surface area (Å²) in [6.45, 7) is 1.68. The number of hydrogen-bond donors (Lipinski definition) is 1. The summed E-state index contributed by atoms with van der Waals surface area (Å²) in [4.78, 5) is 17.5. The van der Waals surface area contributed by atoms with Gasteiger partial charge in [0.2, 0.25) is 0 Å². The van der Waals surface area contributed by atoms with Gasteiger partial charge in [0.1, 0.15) is 5.82 Å². The Morgan fingerprint density at radius 3 is 2.63 bits per heavy atom. The van der Waals surface area contributed by atoms with E-state index >= 15 is 0 Å². The van der Waals surface area contributed by atoms with E-state index in [1.54, 1.807) is 7.11 Å². The van der Waals surface area contributed by atoms with Crippen molar-refractivity contribution in [3.05, 3.63) is 66.1 Å². The second-order valence-corrected chi connectivity index (χ2v) is 6.50. The van der Waals surface area contributed by atoms with Crippen molar-refractivity contribution in [1.82, 2.24) is 19.4 Å². The predicted molar refractivity (Wildman–Crippen MR) is 106 cm³/mol. The molecule has 1 amide bonds. The predicted octanol–water partition coefficient (Wildman–Crippen LogP) is 3.10. The molecule has 6 nitrogen and oxygen atoms in total. The fourth-order valence-corrected chi connectivity index (χ4v) is 3.41. The highest BCUT2D eigenvalue weighted by Gasteiger charge is 2.16. The SMILES string of the molecule is COCCn1cc(C(=O)NCc2nc3ccccc3n2C)c2ccccc21. The van der Waals surface area contributed by atoms with Gasteiger partial charge in [-0.3, -0.25) is 4.79 Å². The van der Waals surface area contributed by atoms with Crippen LogP contribution in [0.2, 0.25) is 0 Å². The quantitative estimate of drug-likeness (QED) is 0.573. The van der Waals surface area contributed by atoms with Gasteiger partial charge >= 0.3 is 0 Å². The smallest absolute Gasteiger partial charge is 0.253 e. The summed E-state index contributed by atoms with van der Waals surface area (Å²) in [6.07, 6.45) is 1.90. The molecule has 0 radical (unpaired) electrons. The molecular formula is C21H22N4O2. The highest BCUT2D eigenvalue weighted by atomic mass is 16.5. The van der Waals surface area contributed by atoms with E-state index in [1.165, 1.54) is 0 Å². The van der Waals surface area contributed by atoms with Gasteiger partial charge in [-0.2, -0.15) is 0 Å². The van der Waals surface area contributed by atoms with Crippen LogP contribution in [0, 0.1) is 0 Å². The average molecular weight is 362 g/mol. The van der Waals surface area contributed by atoms with Gasteiger partial charge in [0.15, 0.2) is 0 Å². The molecule has 4 aromatic rings. The number of nitrogens with zero attached hydrogens (tertiary/aromatic N) is 3. The summed E-state index contributed by atoms with van der Waals surface area (Å²) in [7, 11) is 3.64. The van der Waals surface area contributed by atoms with Gasteiger partial charge in [0.05, 0.1) is 29.7 Å². The normalized spacial score (nSPS) is 11.3. The summed E-state index contributed by atoms with van der Waals surface area (Å²) < 4.78 is 9.25. The first-order valence-corrected chi connectivity index (χ1v) is 8.94. The lowest BCUT2D eigenvalue weighted by atomic mass is 10.1. The number of carbonyl (C=O) groups is 1. The number of hydrogen-bond acceptors (Lipinski definition) is 3. The topological polar surface area (TPSA) is 61.1 Å². The first-order valence-electron chi connectivity index (χ1n) is 8.94. The van der Waals surface area contributed by atoms with Gasteiger partial charge in [0, 0.05) is 37.8 Å². The number of amides is 1. The first kappa shape index (κ1) is 17.3. The first-order chi connectivity index (χ1) is 13.2. The molecule has 6 heteroatoms. The number of carbonyl (C=O) groups excluding carboxylic acids is 1. The average Bonchev–Trinajstić information content (AvgIpc) is 3.23. The van der Waals surface area contributed by atoms with Crippen LogP contribution < -0.4 is 5.32 Å². The standard InChI is InChI=1S/C21H22N4O2/c1-24-19-10-6-4-8-17(19)23-20(24)13-22-21(26)16-14-25(11-12-27-2)18-9-5-3-7-15(16)18/h3-10,14H,11-13H2,1-2H3,(H,22,26). The molecule has 0 fully saturated rings. The van der Waals surface area contributed by atoms with Crippen LogP contribution in [0.25, 0.3) is 21.9 Å². The molecule has 0 atom stereocenters.